The monoisotopic (exact) mass is 459 g/mol. The van der Waals surface area contributed by atoms with E-state index in [9.17, 15) is 18.0 Å². The number of sulfonamides is 1. The molecule has 0 aliphatic carbocycles. The Morgan fingerprint density at radius 1 is 1.03 bits per heavy atom. The molecule has 0 aliphatic heterocycles. The summed E-state index contributed by atoms with van der Waals surface area (Å²) in [5, 5.41) is 2.64. The van der Waals surface area contributed by atoms with Crippen LogP contribution < -0.4 is 9.62 Å². The lowest BCUT2D eigenvalue weighted by Crippen LogP contribution is -2.48. The molecule has 0 fully saturated rings. The average Bonchev–Trinajstić information content (AvgIpc) is 2.76. The maximum atomic E-state index is 13.2. The zero-order valence-corrected chi connectivity index (χ0v) is 20.1. The highest BCUT2D eigenvalue weighted by Crippen LogP contribution is 2.23. The van der Waals surface area contributed by atoms with Crippen molar-refractivity contribution in [2.24, 2.45) is 0 Å². The average molecular weight is 460 g/mol. The first-order valence-electron chi connectivity index (χ1n) is 10.8. The van der Waals surface area contributed by atoms with E-state index in [4.69, 9.17) is 0 Å². The Hall–Kier alpha value is -2.87. The van der Waals surface area contributed by atoms with Gasteiger partial charge in [0.15, 0.2) is 0 Å². The van der Waals surface area contributed by atoms with Crippen molar-refractivity contribution in [3.63, 3.8) is 0 Å². The molecule has 1 atom stereocenters. The normalized spacial score (nSPS) is 12.1. The summed E-state index contributed by atoms with van der Waals surface area (Å²) in [4.78, 5) is 27.2. The van der Waals surface area contributed by atoms with E-state index in [1.54, 1.807) is 24.1 Å². The van der Waals surface area contributed by atoms with Crippen LogP contribution in [0.4, 0.5) is 5.69 Å². The van der Waals surface area contributed by atoms with Gasteiger partial charge in [0.05, 0.1) is 11.9 Å². The zero-order chi connectivity index (χ0) is 23.7. The Kier molecular flexibility index (Phi) is 9.26. The van der Waals surface area contributed by atoms with Crippen LogP contribution in [0.1, 0.15) is 37.3 Å². The number of likely N-dealkylation sites (N-methyl/N-ethyl adjacent to an activating group) is 1. The van der Waals surface area contributed by atoms with Gasteiger partial charge < -0.3 is 10.2 Å². The molecule has 1 N–H and O–H groups in total. The summed E-state index contributed by atoms with van der Waals surface area (Å²) in [6.45, 7) is 4.23. The van der Waals surface area contributed by atoms with E-state index in [-0.39, 0.29) is 24.8 Å². The number of nitrogens with zero attached hydrogens (tertiary/aromatic N) is 2. The van der Waals surface area contributed by atoms with Crippen LogP contribution in [-0.2, 0) is 26.2 Å². The third-order valence-corrected chi connectivity index (χ3v) is 6.54. The lowest BCUT2D eigenvalue weighted by Gasteiger charge is -2.31. The minimum atomic E-state index is -3.50. The summed E-state index contributed by atoms with van der Waals surface area (Å²) < 4.78 is 26.1. The molecule has 0 bridgehead atoms. The maximum Gasteiger partial charge on any atom is 0.242 e. The number of rotatable bonds is 11. The van der Waals surface area contributed by atoms with Crippen molar-refractivity contribution in [3.8, 4) is 0 Å². The number of nitrogens with one attached hydrogen (secondary N) is 1. The van der Waals surface area contributed by atoms with Crippen molar-refractivity contribution in [2.75, 3.05) is 24.2 Å². The van der Waals surface area contributed by atoms with Crippen molar-refractivity contribution in [2.45, 2.75) is 45.7 Å². The van der Waals surface area contributed by atoms with Gasteiger partial charge in [0.25, 0.3) is 0 Å². The van der Waals surface area contributed by atoms with E-state index in [0.29, 0.717) is 25.1 Å². The molecule has 2 aromatic rings. The molecule has 0 radical (unpaired) electrons. The fourth-order valence-corrected chi connectivity index (χ4v) is 4.71. The number of amides is 2. The Balaban J connectivity index is 2.17. The molecule has 7 nitrogen and oxygen atoms in total. The predicted octanol–water partition coefficient (Wildman–Crippen LogP) is 3.09. The molecule has 0 saturated heterocycles. The first-order chi connectivity index (χ1) is 15.2. The Labute approximate surface area is 191 Å². The largest absolute Gasteiger partial charge is 0.357 e. The van der Waals surface area contributed by atoms with Gasteiger partial charge in [-0.1, -0.05) is 55.5 Å². The number of anilines is 1. The van der Waals surface area contributed by atoms with Crippen molar-refractivity contribution in [1.82, 2.24) is 10.2 Å². The molecule has 2 amide bonds. The maximum absolute atomic E-state index is 13.2. The van der Waals surface area contributed by atoms with Crippen molar-refractivity contribution in [1.29, 1.82) is 0 Å². The molecular formula is C24H33N3O4S. The molecule has 2 rings (SSSR count). The lowest BCUT2D eigenvalue weighted by molar-refractivity contribution is -0.141. The molecule has 32 heavy (non-hydrogen) atoms. The zero-order valence-electron chi connectivity index (χ0n) is 19.2. The van der Waals surface area contributed by atoms with Crippen LogP contribution in [0.3, 0.4) is 0 Å². The van der Waals surface area contributed by atoms with Gasteiger partial charge in [-0.2, -0.15) is 0 Å². The van der Waals surface area contributed by atoms with Crippen LogP contribution in [0.2, 0.25) is 0 Å². The molecule has 1 unspecified atom stereocenters. The van der Waals surface area contributed by atoms with Crippen LogP contribution in [0.25, 0.3) is 0 Å². The molecule has 2 aromatic carbocycles. The van der Waals surface area contributed by atoms with Gasteiger partial charge in [0.1, 0.15) is 6.04 Å². The minimum absolute atomic E-state index is 0.137. The highest BCUT2D eigenvalue weighted by atomic mass is 32.2. The number of carbonyl (C=O) groups excluding carboxylic acids is 2. The first kappa shape index (κ1) is 25.4. The molecule has 0 heterocycles. The van der Waals surface area contributed by atoms with Crippen molar-refractivity contribution >= 4 is 27.5 Å². The highest BCUT2D eigenvalue weighted by Gasteiger charge is 2.28. The van der Waals surface area contributed by atoms with Gasteiger partial charge in [-0.3, -0.25) is 13.9 Å². The first-order valence-corrected chi connectivity index (χ1v) is 12.6. The summed E-state index contributed by atoms with van der Waals surface area (Å²) in [5.41, 5.74) is 2.39. The second kappa shape index (κ2) is 11.7. The lowest BCUT2D eigenvalue weighted by atomic mass is 10.1. The van der Waals surface area contributed by atoms with Gasteiger partial charge in [0.2, 0.25) is 21.8 Å². The second-order valence-electron chi connectivity index (χ2n) is 7.77. The third kappa shape index (κ3) is 6.82. The van der Waals surface area contributed by atoms with E-state index in [0.717, 1.165) is 11.1 Å². The van der Waals surface area contributed by atoms with Crippen LogP contribution in [0.15, 0.2) is 54.6 Å². The van der Waals surface area contributed by atoms with Gasteiger partial charge in [-0.15, -0.1) is 0 Å². The van der Waals surface area contributed by atoms with Crippen LogP contribution in [0.5, 0.6) is 0 Å². The van der Waals surface area contributed by atoms with E-state index in [2.05, 4.69) is 5.32 Å². The second-order valence-corrected chi connectivity index (χ2v) is 9.68. The molecular weight excluding hydrogens is 426 g/mol. The Bertz CT molecular complexity index is 1010. The van der Waals surface area contributed by atoms with E-state index in [1.165, 1.54) is 10.6 Å². The standard InChI is InChI=1S/C24H33N3O4S/c1-5-21(24(29)25-3)26(18-20-13-7-6-8-14-20)23(28)16-11-17-27(32(4,30)31)22-15-10-9-12-19(22)2/h6-10,12-15,21H,5,11,16-18H2,1-4H3,(H,25,29). The quantitative estimate of drug-likeness (QED) is 0.559. The van der Waals surface area contributed by atoms with Crippen LogP contribution in [0, 0.1) is 6.92 Å². The SMILES string of the molecule is CCC(C(=O)NC)N(Cc1ccccc1)C(=O)CCCN(c1ccccc1C)S(C)(=O)=O. The van der Waals surface area contributed by atoms with Crippen LogP contribution in [-0.4, -0.2) is 51.0 Å². The van der Waals surface area contributed by atoms with E-state index < -0.39 is 16.1 Å². The summed E-state index contributed by atoms with van der Waals surface area (Å²) in [6, 6.07) is 16.2. The summed E-state index contributed by atoms with van der Waals surface area (Å²) in [7, 11) is -1.94. The number of aryl methyl sites for hydroxylation is 1. The third-order valence-electron chi connectivity index (χ3n) is 5.36. The molecule has 8 heteroatoms. The minimum Gasteiger partial charge on any atom is -0.357 e. The predicted molar refractivity (Wildman–Crippen MR) is 128 cm³/mol. The summed E-state index contributed by atoms with van der Waals surface area (Å²) >= 11 is 0. The summed E-state index contributed by atoms with van der Waals surface area (Å²) in [5.74, 6) is -0.392. The molecule has 0 saturated carbocycles. The number of benzene rings is 2. The smallest absolute Gasteiger partial charge is 0.242 e. The van der Waals surface area contributed by atoms with Crippen LogP contribution >= 0.6 is 0 Å². The van der Waals surface area contributed by atoms with E-state index in [1.807, 2.05) is 56.3 Å². The van der Waals surface area contributed by atoms with Crippen molar-refractivity contribution in [3.05, 3.63) is 65.7 Å². The number of para-hydroxylation sites is 1. The number of hydrogen-bond acceptors (Lipinski definition) is 4. The Morgan fingerprint density at radius 3 is 2.22 bits per heavy atom. The van der Waals surface area contributed by atoms with Gasteiger partial charge in [0, 0.05) is 26.6 Å². The number of carbonyl (C=O) groups is 2. The molecule has 0 aliphatic rings. The van der Waals surface area contributed by atoms with Gasteiger partial charge in [-0.25, -0.2) is 8.42 Å². The van der Waals surface area contributed by atoms with Crippen molar-refractivity contribution < 1.29 is 18.0 Å². The topological polar surface area (TPSA) is 86.8 Å². The summed E-state index contributed by atoms with van der Waals surface area (Å²) in [6.07, 6.45) is 2.13. The van der Waals surface area contributed by atoms with E-state index >= 15 is 0 Å². The fraction of sp³-hybridized carbons (Fsp3) is 0.417. The molecule has 0 spiro atoms. The fourth-order valence-electron chi connectivity index (χ4n) is 3.69. The molecule has 174 valence electrons. The molecule has 0 aromatic heterocycles. The highest BCUT2D eigenvalue weighted by molar-refractivity contribution is 7.92. The number of hydrogen-bond donors (Lipinski definition) is 1. The van der Waals surface area contributed by atoms with Gasteiger partial charge in [-0.05, 0) is 37.0 Å². The Morgan fingerprint density at radius 2 is 1.66 bits per heavy atom. The van der Waals surface area contributed by atoms with Gasteiger partial charge >= 0.3 is 0 Å².